The average molecular weight is 293 g/mol. The van der Waals surface area contributed by atoms with Crippen LogP contribution in [-0.4, -0.2) is 21.5 Å². The number of rotatable bonds is 4. The number of nitrogens with zero attached hydrogens (tertiary/aromatic N) is 4. The van der Waals surface area contributed by atoms with Gasteiger partial charge in [0.1, 0.15) is 0 Å². The largest absolute Gasteiger partial charge is 0.337 e. The summed E-state index contributed by atoms with van der Waals surface area (Å²) in [6.07, 6.45) is 7.12. The van der Waals surface area contributed by atoms with E-state index in [1.54, 1.807) is 24.8 Å². The third-order valence-electron chi connectivity index (χ3n) is 2.39. The molecule has 0 amide bonds. The van der Waals surface area contributed by atoms with E-state index in [9.17, 15) is 0 Å². The molecular weight excluding hydrogens is 280 g/mol. The van der Waals surface area contributed by atoms with Crippen LogP contribution in [0.3, 0.4) is 0 Å². The molecule has 2 aromatic rings. The number of hydrogen-bond donors (Lipinski definition) is 0. The molecule has 5 heteroatoms. The van der Waals surface area contributed by atoms with Crippen LogP contribution in [0, 0.1) is 0 Å². The standard InChI is InChI=1S/C12H13BrN4/c1-2-17(9-10-3-5-14-6-4-10)12-15-7-11(13)8-16-12/h3-8H,2,9H2,1H3. The van der Waals surface area contributed by atoms with Crippen molar-refractivity contribution < 1.29 is 0 Å². The first-order valence-corrected chi connectivity index (χ1v) is 6.20. The fourth-order valence-corrected chi connectivity index (χ4v) is 1.71. The quantitative estimate of drug-likeness (QED) is 0.869. The molecule has 2 rings (SSSR count). The van der Waals surface area contributed by atoms with Gasteiger partial charge in [0.05, 0.1) is 4.47 Å². The highest BCUT2D eigenvalue weighted by Crippen LogP contribution is 2.13. The van der Waals surface area contributed by atoms with Gasteiger partial charge in [-0.15, -0.1) is 0 Å². The van der Waals surface area contributed by atoms with Gasteiger partial charge >= 0.3 is 0 Å². The van der Waals surface area contributed by atoms with E-state index < -0.39 is 0 Å². The van der Waals surface area contributed by atoms with Gasteiger partial charge in [0.15, 0.2) is 0 Å². The third kappa shape index (κ3) is 3.23. The summed E-state index contributed by atoms with van der Waals surface area (Å²) in [6, 6.07) is 4.00. The summed E-state index contributed by atoms with van der Waals surface area (Å²) in [5.41, 5.74) is 1.20. The highest BCUT2D eigenvalue weighted by Gasteiger charge is 2.07. The molecule has 17 heavy (non-hydrogen) atoms. The highest BCUT2D eigenvalue weighted by molar-refractivity contribution is 9.10. The molecule has 0 saturated carbocycles. The van der Waals surface area contributed by atoms with Gasteiger partial charge < -0.3 is 4.90 Å². The molecule has 88 valence electrons. The van der Waals surface area contributed by atoms with Crippen LogP contribution in [0.25, 0.3) is 0 Å². The summed E-state index contributed by atoms with van der Waals surface area (Å²) >= 11 is 3.33. The molecule has 0 saturated heterocycles. The lowest BCUT2D eigenvalue weighted by Crippen LogP contribution is -2.24. The molecule has 0 unspecified atom stereocenters. The Balaban J connectivity index is 2.14. The number of hydrogen-bond acceptors (Lipinski definition) is 4. The predicted octanol–water partition coefficient (Wildman–Crippen LogP) is 2.66. The lowest BCUT2D eigenvalue weighted by Gasteiger charge is -2.20. The second-order valence-corrected chi connectivity index (χ2v) is 4.49. The van der Waals surface area contributed by atoms with E-state index in [-0.39, 0.29) is 0 Å². The zero-order valence-electron chi connectivity index (χ0n) is 9.55. The second kappa shape index (κ2) is 5.72. The average Bonchev–Trinajstić information content (AvgIpc) is 2.38. The van der Waals surface area contributed by atoms with Crippen LogP contribution in [0.2, 0.25) is 0 Å². The van der Waals surface area contributed by atoms with E-state index in [4.69, 9.17) is 0 Å². The molecule has 4 nitrogen and oxygen atoms in total. The molecule has 0 aromatic carbocycles. The molecule has 0 aliphatic carbocycles. The van der Waals surface area contributed by atoms with Gasteiger partial charge in [0.2, 0.25) is 5.95 Å². The summed E-state index contributed by atoms with van der Waals surface area (Å²) in [4.78, 5) is 14.7. The van der Waals surface area contributed by atoms with Crippen molar-refractivity contribution in [3.05, 3.63) is 47.0 Å². The Morgan fingerprint density at radius 3 is 2.41 bits per heavy atom. The van der Waals surface area contributed by atoms with Gasteiger partial charge in [-0.05, 0) is 40.5 Å². The fourth-order valence-electron chi connectivity index (χ4n) is 1.50. The van der Waals surface area contributed by atoms with Crippen LogP contribution < -0.4 is 4.90 Å². The smallest absolute Gasteiger partial charge is 0.225 e. The van der Waals surface area contributed by atoms with E-state index in [0.29, 0.717) is 0 Å². The summed E-state index contributed by atoms with van der Waals surface area (Å²) in [5, 5.41) is 0. The molecule has 0 aliphatic heterocycles. The Morgan fingerprint density at radius 2 is 1.82 bits per heavy atom. The lowest BCUT2D eigenvalue weighted by atomic mass is 10.2. The van der Waals surface area contributed by atoms with Crippen molar-refractivity contribution in [2.75, 3.05) is 11.4 Å². The summed E-state index contributed by atoms with van der Waals surface area (Å²) in [7, 11) is 0. The van der Waals surface area contributed by atoms with E-state index in [0.717, 1.165) is 23.5 Å². The van der Waals surface area contributed by atoms with Crippen LogP contribution in [0.1, 0.15) is 12.5 Å². The Bertz CT molecular complexity index is 458. The number of aromatic nitrogens is 3. The van der Waals surface area contributed by atoms with E-state index in [1.807, 2.05) is 12.1 Å². The molecule has 0 radical (unpaired) electrons. The van der Waals surface area contributed by atoms with Gasteiger partial charge in [-0.25, -0.2) is 9.97 Å². The minimum absolute atomic E-state index is 0.743. The predicted molar refractivity (Wildman–Crippen MR) is 70.7 cm³/mol. The van der Waals surface area contributed by atoms with Gasteiger partial charge in [-0.2, -0.15) is 0 Å². The maximum atomic E-state index is 4.30. The van der Waals surface area contributed by atoms with Crippen LogP contribution >= 0.6 is 15.9 Å². The van der Waals surface area contributed by atoms with E-state index in [1.165, 1.54) is 5.56 Å². The topological polar surface area (TPSA) is 41.9 Å². The SMILES string of the molecule is CCN(Cc1ccncc1)c1ncc(Br)cn1. The van der Waals surface area contributed by atoms with Crippen LogP contribution in [0.5, 0.6) is 0 Å². The van der Waals surface area contributed by atoms with Crippen molar-refractivity contribution in [2.45, 2.75) is 13.5 Å². The summed E-state index contributed by atoms with van der Waals surface area (Å²) < 4.78 is 0.890. The third-order valence-corrected chi connectivity index (χ3v) is 2.80. The monoisotopic (exact) mass is 292 g/mol. The highest BCUT2D eigenvalue weighted by atomic mass is 79.9. The maximum Gasteiger partial charge on any atom is 0.225 e. The number of halogens is 1. The minimum atomic E-state index is 0.743. The molecule has 2 aromatic heterocycles. The molecule has 2 heterocycles. The van der Waals surface area contributed by atoms with Crippen LogP contribution in [0.4, 0.5) is 5.95 Å². The van der Waals surface area contributed by atoms with E-state index >= 15 is 0 Å². The van der Waals surface area contributed by atoms with Crippen molar-refractivity contribution in [3.8, 4) is 0 Å². The van der Waals surface area contributed by atoms with Gasteiger partial charge in [0, 0.05) is 37.9 Å². The fraction of sp³-hybridized carbons (Fsp3) is 0.250. The molecule has 0 spiro atoms. The Kier molecular flexibility index (Phi) is 4.03. The van der Waals surface area contributed by atoms with Crippen LogP contribution in [0.15, 0.2) is 41.4 Å². The zero-order chi connectivity index (χ0) is 12.1. The first-order chi connectivity index (χ1) is 8.29. The molecule has 0 N–H and O–H groups in total. The van der Waals surface area contributed by atoms with E-state index in [2.05, 4.69) is 42.7 Å². The molecule has 0 atom stereocenters. The Labute approximate surface area is 109 Å². The minimum Gasteiger partial charge on any atom is -0.337 e. The van der Waals surface area contributed by atoms with Crippen molar-refractivity contribution in [1.82, 2.24) is 15.0 Å². The van der Waals surface area contributed by atoms with Gasteiger partial charge in [0.25, 0.3) is 0 Å². The van der Waals surface area contributed by atoms with Crippen molar-refractivity contribution in [1.29, 1.82) is 0 Å². The Morgan fingerprint density at radius 1 is 1.18 bits per heavy atom. The van der Waals surface area contributed by atoms with Gasteiger partial charge in [-0.3, -0.25) is 4.98 Å². The number of pyridine rings is 1. The first-order valence-electron chi connectivity index (χ1n) is 5.41. The second-order valence-electron chi connectivity index (χ2n) is 3.57. The normalized spacial score (nSPS) is 10.2. The van der Waals surface area contributed by atoms with Crippen LogP contribution in [-0.2, 0) is 6.54 Å². The lowest BCUT2D eigenvalue weighted by molar-refractivity contribution is 0.789. The maximum absolute atomic E-state index is 4.30. The first kappa shape index (κ1) is 12.0. The number of anilines is 1. The van der Waals surface area contributed by atoms with Gasteiger partial charge in [-0.1, -0.05) is 0 Å². The summed E-state index contributed by atoms with van der Waals surface area (Å²) in [6.45, 7) is 3.75. The zero-order valence-corrected chi connectivity index (χ0v) is 11.1. The molecule has 0 fully saturated rings. The molecular formula is C12H13BrN4. The molecule has 0 aliphatic rings. The molecule has 0 bridgehead atoms. The Hall–Kier alpha value is -1.49. The summed E-state index contributed by atoms with van der Waals surface area (Å²) in [5.74, 6) is 0.743. The van der Waals surface area contributed by atoms with Crippen molar-refractivity contribution >= 4 is 21.9 Å². The van der Waals surface area contributed by atoms with Crippen molar-refractivity contribution in [3.63, 3.8) is 0 Å². The van der Waals surface area contributed by atoms with Crippen molar-refractivity contribution in [2.24, 2.45) is 0 Å².